The Hall–Kier alpha value is -2.25. The molecule has 0 spiro atoms. The number of nitrogens with zero attached hydrogens (tertiary/aromatic N) is 1. The van der Waals surface area contributed by atoms with E-state index in [-0.39, 0.29) is 30.7 Å². The Morgan fingerprint density at radius 1 is 1.38 bits per heavy atom. The molecule has 1 amide bonds. The maximum atomic E-state index is 12.7. The van der Waals surface area contributed by atoms with Crippen LogP contribution in [0.2, 0.25) is 0 Å². The van der Waals surface area contributed by atoms with Gasteiger partial charge in [-0.1, -0.05) is 6.07 Å². The molecule has 1 fully saturated rings. The fourth-order valence-electron chi connectivity index (χ4n) is 2.51. The van der Waals surface area contributed by atoms with Gasteiger partial charge in [-0.05, 0) is 37.5 Å². The van der Waals surface area contributed by atoms with Crippen LogP contribution in [0.15, 0.2) is 18.2 Å². The second-order valence-electron chi connectivity index (χ2n) is 5.80. The van der Waals surface area contributed by atoms with Crippen molar-refractivity contribution in [2.24, 2.45) is 5.92 Å². The molecule has 0 saturated carbocycles. The van der Waals surface area contributed by atoms with Gasteiger partial charge in [0, 0.05) is 13.1 Å². The van der Waals surface area contributed by atoms with E-state index in [1.165, 1.54) is 18.2 Å². The Morgan fingerprint density at radius 3 is 2.71 bits per heavy atom. The zero-order valence-electron chi connectivity index (χ0n) is 13.1. The third-order valence-corrected chi connectivity index (χ3v) is 4.01. The number of halogens is 3. The summed E-state index contributed by atoms with van der Waals surface area (Å²) < 4.78 is 43.0. The van der Waals surface area contributed by atoms with Gasteiger partial charge in [0.2, 0.25) is 0 Å². The molecule has 2 rings (SSSR count). The summed E-state index contributed by atoms with van der Waals surface area (Å²) in [5, 5.41) is 9.55. The van der Waals surface area contributed by atoms with Gasteiger partial charge >= 0.3 is 12.1 Å². The van der Waals surface area contributed by atoms with Crippen molar-refractivity contribution in [1.29, 1.82) is 0 Å². The van der Waals surface area contributed by atoms with Gasteiger partial charge in [0.1, 0.15) is 5.75 Å². The summed E-state index contributed by atoms with van der Waals surface area (Å²) in [5.74, 6) is -3.10. The molecule has 0 radical (unpaired) electrons. The number of benzene rings is 1. The molecule has 0 bridgehead atoms. The summed E-state index contributed by atoms with van der Waals surface area (Å²) in [6.45, 7) is 0.832. The highest BCUT2D eigenvalue weighted by Crippen LogP contribution is 2.33. The van der Waals surface area contributed by atoms with E-state index < -0.39 is 37.1 Å². The Labute approximate surface area is 137 Å². The number of aromatic hydroxyl groups is 1. The molecule has 5 nitrogen and oxygen atoms in total. The molecule has 1 N–H and O–H groups in total. The predicted molar refractivity (Wildman–Crippen MR) is 78.5 cm³/mol. The molecule has 8 heteroatoms. The standard InChI is InChI=1S/C16H18F3NO4/c1-10-4-5-11(7-13(10)21)15(23)24-9-14(22)20-6-2-3-12(8-20)16(17,18)19/h4-5,7,12,21H,2-3,6,8-9H2,1H3/t12-/m1/s1. The molecule has 1 saturated heterocycles. The molecule has 1 aliphatic heterocycles. The molecule has 0 aliphatic carbocycles. The van der Waals surface area contributed by atoms with E-state index in [0.717, 1.165) is 4.90 Å². The van der Waals surface area contributed by atoms with Crippen molar-refractivity contribution in [3.05, 3.63) is 29.3 Å². The van der Waals surface area contributed by atoms with Gasteiger partial charge in [-0.3, -0.25) is 4.79 Å². The number of esters is 1. The van der Waals surface area contributed by atoms with Gasteiger partial charge in [0.25, 0.3) is 5.91 Å². The first-order valence-corrected chi connectivity index (χ1v) is 7.49. The largest absolute Gasteiger partial charge is 0.508 e. The van der Waals surface area contributed by atoms with Crippen molar-refractivity contribution in [2.45, 2.75) is 25.9 Å². The Bertz CT molecular complexity index is 630. The van der Waals surface area contributed by atoms with Crippen LogP contribution < -0.4 is 0 Å². The Balaban J connectivity index is 1.90. The number of phenolic OH excluding ortho intramolecular Hbond substituents is 1. The van der Waals surface area contributed by atoms with Gasteiger partial charge in [0.15, 0.2) is 6.61 Å². The van der Waals surface area contributed by atoms with Crippen LogP contribution in [0.3, 0.4) is 0 Å². The molecule has 1 aromatic carbocycles. The molecule has 0 aromatic heterocycles. The van der Waals surface area contributed by atoms with Crippen molar-refractivity contribution in [2.75, 3.05) is 19.7 Å². The lowest BCUT2D eigenvalue weighted by molar-refractivity contribution is -0.188. The van der Waals surface area contributed by atoms with Crippen molar-refractivity contribution in [1.82, 2.24) is 4.90 Å². The van der Waals surface area contributed by atoms with Crippen LogP contribution >= 0.6 is 0 Å². The number of piperidine rings is 1. The van der Waals surface area contributed by atoms with Crippen LogP contribution in [-0.2, 0) is 9.53 Å². The van der Waals surface area contributed by atoms with E-state index in [2.05, 4.69) is 0 Å². The quantitative estimate of drug-likeness (QED) is 0.856. The lowest BCUT2D eigenvalue weighted by Gasteiger charge is -2.33. The van der Waals surface area contributed by atoms with E-state index in [1.807, 2.05) is 0 Å². The number of likely N-dealkylation sites (tertiary alicyclic amines) is 1. The summed E-state index contributed by atoms with van der Waals surface area (Å²) in [4.78, 5) is 24.9. The SMILES string of the molecule is Cc1ccc(C(=O)OCC(=O)N2CCC[C@@H](C(F)(F)F)C2)cc1O. The second-order valence-corrected chi connectivity index (χ2v) is 5.80. The number of aryl methyl sites for hydroxylation is 1. The van der Waals surface area contributed by atoms with Crippen molar-refractivity contribution >= 4 is 11.9 Å². The van der Waals surface area contributed by atoms with Crippen molar-refractivity contribution < 1.29 is 32.6 Å². The summed E-state index contributed by atoms with van der Waals surface area (Å²) in [6.07, 6.45) is -4.08. The van der Waals surface area contributed by atoms with Gasteiger partial charge in [-0.25, -0.2) is 4.79 Å². The number of ether oxygens (including phenoxy) is 1. The number of carbonyl (C=O) groups excluding carboxylic acids is 2. The zero-order chi connectivity index (χ0) is 17.9. The van der Waals surface area contributed by atoms with Crippen LogP contribution in [0, 0.1) is 12.8 Å². The average Bonchev–Trinajstić information content (AvgIpc) is 2.54. The third-order valence-electron chi connectivity index (χ3n) is 4.01. The van der Waals surface area contributed by atoms with Crippen LogP contribution in [-0.4, -0.2) is 47.8 Å². The minimum atomic E-state index is -4.34. The first kappa shape index (κ1) is 18.1. The topological polar surface area (TPSA) is 66.8 Å². The molecular formula is C16H18F3NO4. The molecule has 24 heavy (non-hydrogen) atoms. The lowest BCUT2D eigenvalue weighted by Crippen LogP contribution is -2.46. The maximum absolute atomic E-state index is 12.7. The first-order chi connectivity index (χ1) is 11.2. The highest BCUT2D eigenvalue weighted by Gasteiger charge is 2.42. The summed E-state index contributed by atoms with van der Waals surface area (Å²) in [7, 11) is 0. The number of rotatable bonds is 3. The van der Waals surface area contributed by atoms with E-state index in [9.17, 15) is 27.9 Å². The molecule has 1 heterocycles. The molecule has 1 aliphatic rings. The third kappa shape index (κ3) is 4.39. The maximum Gasteiger partial charge on any atom is 0.393 e. The summed E-state index contributed by atoms with van der Waals surface area (Å²) in [6, 6.07) is 4.16. The van der Waals surface area contributed by atoms with E-state index in [4.69, 9.17) is 4.74 Å². The molecular weight excluding hydrogens is 327 g/mol. The van der Waals surface area contributed by atoms with E-state index in [1.54, 1.807) is 6.92 Å². The van der Waals surface area contributed by atoms with Crippen LogP contribution in [0.25, 0.3) is 0 Å². The van der Waals surface area contributed by atoms with E-state index in [0.29, 0.717) is 5.56 Å². The fraction of sp³-hybridized carbons (Fsp3) is 0.500. The molecule has 132 valence electrons. The Kier molecular flexibility index (Phi) is 5.36. The second kappa shape index (κ2) is 7.11. The number of hydrogen-bond donors (Lipinski definition) is 1. The number of carbonyl (C=O) groups is 2. The highest BCUT2D eigenvalue weighted by atomic mass is 19.4. The van der Waals surface area contributed by atoms with Crippen LogP contribution in [0.5, 0.6) is 5.75 Å². The highest BCUT2D eigenvalue weighted by molar-refractivity contribution is 5.91. The van der Waals surface area contributed by atoms with E-state index >= 15 is 0 Å². The fourth-order valence-corrected chi connectivity index (χ4v) is 2.51. The number of hydrogen-bond acceptors (Lipinski definition) is 4. The monoisotopic (exact) mass is 345 g/mol. The minimum Gasteiger partial charge on any atom is -0.508 e. The molecule has 1 atom stereocenters. The number of alkyl halides is 3. The van der Waals surface area contributed by atoms with Crippen LogP contribution in [0.4, 0.5) is 13.2 Å². The van der Waals surface area contributed by atoms with Crippen molar-refractivity contribution in [3.8, 4) is 5.75 Å². The smallest absolute Gasteiger partial charge is 0.393 e. The van der Waals surface area contributed by atoms with Gasteiger partial charge in [-0.2, -0.15) is 13.2 Å². The van der Waals surface area contributed by atoms with Crippen molar-refractivity contribution in [3.63, 3.8) is 0 Å². The predicted octanol–water partition coefficient (Wildman–Crippen LogP) is 2.66. The molecule has 1 aromatic rings. The van der Waals surface area contributed by atoms with Gasteiger partial charge in [0.05, 0.1) is 11.5 Å². The lowest BCUT2D eigenvalue weighted by atomic mass is 9.97. The van der Waals surface area contributed by atoms with Crippen LogP contribution in [0.1, 0.15) is 28.8 Å². The summed E-state index contributed by atoms with van der Waals surface area (Å²) >= 11 is 0. The first-order valence-electron chi connectivity index (χ1n) is 7.49. The minimum absolute atomic E-state index is 0.00425. The average molecular weight is 345 g/mol. The summed E-state index contributed by atoms with van der Waals surface area (Å²) in [5.41, 5.74) is 0.645. The molecule has 0 unspecified atom stereocenters. The number of phenols is 1. The normalized spacial score (nSPS) is 18.3. The number of amides is 1. The van der Waals surface area contributed by atoms with Gasteiger partial charge in [-0.15, -0.1) is 0 Å². The van der Waals surface area contributed by atoms with Gasteiger partial charge < -0.3 is 14.7 Å². The Morgan fingerprint density at radius 2 is 2.08 bits per heavy atom. The zero-order valence-corrected chi connectivity index (χ0v) is 13.1.